The van der Waals surface area contributed by atoms with Crippen molar-refractivity contribution in [1.29, 1.82) is 0 Å². The van der Waals surface area contributed by atoms with E-state index >= 15 is 0 Å². The zero-order valence-electron chi connectivity index (χ0n) is 19.8. The number of nitrogens with zero attached hydrogens (tertiary/aromatic N) is 4. The number of nitrogens with one attached hydrogen (secondary N) is 1. The number of hydrogen-bond donors (Lipinski definition) is 2. The molecule has 0 spiro atoms. The van der Waals surface area contributed by atoms with Crippen molar-refractivity contribution in [3.8, 4) is 11.6 Å². The van der Waals surface area contributed by atoms with E-state index in [0.29, 0.717) is 22.1 Å². The first kappa shape index (κ1) is 26.1. The lowest BCUT2D eigenvalue weighted by Gasteiger charge is -2.17. The zero-order valence-corrected chi connectivity index (χ0v) is 19.8. The Labute approximate surface area is 212 Å². The summed E-state index contributed by atoms with van der Waals surface area (Å²) in [6.45, 7) is 0.421. The van der Waals surface area contributed by atoms with Crippen LogP contribution in [0.15, 0.2) is 70.4 Å². The largest absolute Gasteiger partial charge is 0.481 e. The highest BCUT2D eigenvalue weighted by Gasteiger charge is 2.20. The maximum Gasteiger partial charge on any atom is 0.354 e. The summed E-state index contributed by atoms with van der Waals surface area (Å²) in [5, 5.41) is 12.0. The minimum Gasteiger partial charge on any atom is -0.481 e. The molecule has 2 heterocycles. The molecular formula is C25H20F3N5O5. The van der Waals surface area contributed by atoms with Gasteiger partial charge in [0.25, 0.3) is 0 Å². The van der Waals surface area contributed by atoms with Gasteiger partial charge in [0.1, 0.15) is 23.2 Å². The number of carboxylic acid groups (broad SMARTS) is 1. The van der Waals surface area contributed by atoms with Gasteiger partial charge >= 0.3 is 17.3 Å². The Kier molecular flexibility index (Phi) is 7.55. The van der Waals surface area contributed by atoms with Crippen molar-refractivity contribution in [1.82, 2.24) is 19.1 Å². The lowest BCUT2D eigenvalue weighted by Crippen LogP contribution is -2.44. The van der Waals surface area contributed by atoms with Crippen LogP contribution < -0.4 is 21.4 Å². The Morgan fingerprint density at radius 1 is 1.03 bits per heavy atom. The highest BCUT2D eigenvalue weighted by Crippen LogP contribution is 2.23. The molecule has 0 aliphatic heterocycles. The van der Waals surface area contributed by atoms with Crippen LogP contribution in [0.5, 0.6) is 11.6 Å². The standard InChI is InChI=1S/C25H20F3N5O5/c1-14(22(34)35)12-33-24(36)31-23(32(25(33)37)13-15-2-3-16(26)10-20(15)28)30-18-5-7-19(8-6-18)38-21-9-4-17(27)11-29-21/h2-11,14H,12-13H2,1H3,(H,34,35)(H,30,31,36)/t14-/m0/s1. The van der Waals surface area contributed by atoms with Gasteiger partial charge in [-0.15, -0.1) is 0 Å². The van der Waals surface area contributed by atoms with Crippen LogP contribution in [0.4, 0.5) is 24.8 Å². The lowest BCUT2D eigenvalue weighted by atomic mass is 10.2. The molecule has 2 aromatic carbocycles. The molecule has 13 heteroatoms. The molecule has 0 aliphatic rings. The second-order valence-corrected chi connectivity index (χ2v) is 8.24. The second-order valence-electron chi connectivity index (χ2n) is 8.24. The summed E-state index contributed by atoms with van der Waals surface area (Å²) in [6, 6.07) is 11.5. The van der Waals surface area contributed by atoms with Gasteiger partial charge in [0.15, 0.2) is 0 Å². The average Bonchev–Trinajstić information content (AvgIpc) is 2.87. The molecule has 0 radical (unpaired) electrons. The van der Waals surface area contributed by atoms with Gasteiger partial charge in [0.05, 0.1) is 18.7 Å². The molecule has 38 heavy (non-hydrogen) atoms. The van der Waals surface area contributed by atoms with Crippen LogP contribution in [0.3, 0.4) is 0 Å². The molecule has 10 nitrogen and oxygen atoms in total. The number of aromatic nitrogens is 4. The summed E-state index contributed by atoms with van der Waals surface area (Å²) in [5.74, 6) is -4.31. The van der Waals surface area contributed by atoms with Gasteiger partial charge in [-0.25, -0.2) is 32.3 Å². The Morgan fingerprint density at radius 2 is 1.74 bits per heavy atom. The van der Waals surface area contributed by atoms with Crippen molar-refractivity contribution in [3.05, 3.63) is 105 Å². The SMILES string of the molecule is C[C@@H](Cn1c(=O)nc(Nc2ccc(Oc3ccc(F)cn3)cc2)n(Cc2ccc(F)cc2F)c1=O)C(=O)O. The van der Waals surface area contributed by atoms with E-state index in [1.807, 2.05) is 0 Å². The number of carbonyl (C=O) groups is 1. The number of rotatable bonds is 9. The van der Waals surface area contributed by atoms with E-state index in [0.717, 1.165) is 22.9 Å². The maximum absolute atomic E-state index is 14.4. The molecule has 4 rings (SSSR count). The fraction of sp³-hybridized carbons (Fsp3) is 0.160. The predicted molar refractivity (Wildman–Crippen MR) is 129 cm³/mol. The van der Waals surface area contributed by atoms with Crippen molar-refractivity contribution in [2.75, 3.05) is 5.32 Å². The van der Waals surface area contributed by atoms with E-state index in [1.54, 1.807) is 0 Å². The molecule has 0 saturated carbocycles. The monoisotopic (exact) mass is 527 g/mol. The highest BCUT2D eigenvalue weighted by molar-refractivity contribution is 5.69. The van der Waals surface area contributed by atoms with E-state index in [2.05, 4.69) is 15.3 Å². The number of carboxylic acids is 1. The maximum atomic E-state index is 14.4. The first-order valence-electron chi connectivity index (χ1n) is 11.2. The van der Waals surface area contributed by atoms with Crippen LogP contribution in [-0.2, 0) is 17.9 Å². The number of aliphatic carboxylic acids is 1. The van der Waals surface area contributed by atoms with Crippen LogP contribution in [-0.4, -0.2) is 30.2 Å². The van der Waals surface area contributed by atoms with Crippen molar-refractivity contribution in [2.45, 2.75) is 20.0 Å². The molecule has 0 unspecified atom stereocenters. The van der Waals surface area contributed by atoms with Crippen LogP contribution >= 0.6 is 0 Å². The Bertz CT molecular complexity index is 1590. The summed E-state index contributed by atoms with van der Waals surface area (Å²) in [4.78, 5) is 44.8. The van der Waals surface area contributed by atoms with E-state index in [1.165, 1.54) is 43.3 Å². The third kappa shape index (κ3) is 6.06. The molecule has 0 saturated heterocycles. The van der Waals surface area contributed by atoms with Crippen LogP contribution in [0.1, 0.15) is 12.5 Å². The smallest absolute Gasteiger partial charge is 0.354 e. The van der Waals surface area contributed by atoms with Gasteiger partial charge in [-0.2, -0.15) is 4.98 Å². The summed E-state index contributed by atoms with van der Waals surface area (Å²) in [7, 11) is 0. The number of anilines is 2. The van der Waals surface area contributed by atoms with E-state index in [4.69, 9.17) is 4.74 Å². The normalized spacial score (nSPS) is 11.7. The molecule has 4 aromatic rings. The van der Waals surface area contributed by atoms with Crippen LogP contribution in [0.2, 0.25) is 0 Å². The summed E-state index contributed by atoms with van der Waals surface area (Å²) in [6.07, 6.45) is 1.000. The molecule has 0 fully saturated rings. The third-order valence-electron chi connectivity index (χ3n) is 5.40. The second kappa shape index (κ2) is 11.0. The van der Waals surface area contributed by atoms with Crippen molar-refractivity contribution >= 4 is 17.6 Å². The third-order valence-corrected chi connectivity index (χ3v) is 5.40. The fourth-order valence-electron chi connectivity index (χ4n) is 3.37. The molecule has 2 N–H and O–H groups in total. The van der Waals surface area contributed by atoms with Gasteiger partial charge in [-0.1, -0.05) is 13.0 Å². The highest BCUT2D eigenvalue weighted by atomic mass is 19.1. The Morgan fingerprint density at radius 3 is 2.37 bits per heavy atom. The molecular weight excluding hydrogens is 507 g/mol. The molecule has 0 amide bonds. The Balaban J connectivity index is 1.67. The summed E-state index contributed by atoms with van der Waals surface area (Å²) < 4.78 is 47.9. The lowest BCUT2D eigenvalue weighted by molar-refractivity contribution is -0.141. The number of pyridine rings is 1. The first-order chi connectivity index (χ1) is 18.1. The van der Waals surface area contributed by atoms with Gasteiger partial charge in [-0.3, -0.25) is 9.36 Å². The van der Waals surface area contributed by atoms with Crippen LogP contribution in [0.25, 0.3) is 0 Å². The molecule has 2 aromatic heterocycles. The zero-order chi connectivity index (χ0) is 27.4. The van der Waals surface area contributed by atoms with Crippen molar-refractivity contribution in [2.24, 2.45) is 5.92 Å². The summed E-state index contributed by atoms with van der Waals surface area (Å²) in [5.41, 5.74) is -1.65. The predicted octanol–water partition coefficient (Wildman–Crippen LogP) is 3.52. The molecule has 0 bridgehead atoms. The van der Waals surface area contributed by atoms with Gasteiger partial charge in [-0.05, 0) is 36.4 Å². The molecule has 196 valence electrons. The quantitative estimate of drug-likeness (QED) is 0.338. The van der Waals surface area contributed by atoms with E-state index in [-0.39, 0.29) is 17.4 Å². The summed E-state index contributed by atoms with van der Waals surface area (Å²) >= 11 is 0. The topological polar surface area (TPSA) is 128 Å². The van der Waals surface area contributed by atoms with Crippen LogP contribution in [0, 0.1) is 23.4 Å². The number of ether oxygens (including phenoxy) is 1. The van der Waals surface area contributed by atoms with Gasteiger partial charge < -0.3 is 15.2 Å². The minimum absolute atomic E-state index is 0.0645. The van der Waals surface area contributed by atoms with Gasteiger partial charge in [0.2, 0.25) is 11.8 Å². The number of benzene rings is 2. The first-order valence-corrected chi connectivity index (χ1v) is 11.2. The molecule has 0 aliphatic carbocycles. The average molecular weight is 527 g/mol. The molecule has 1 atom stereocenters. The Hall–Kier alpha value is -4.94. The van der Waals surface area contributed by atoms with E-state index < -0.39 is 53.8 Å². The van der Waals surface area contributed by atoms with E-state index in [9.17, 15) is 32.7 Å². The number of halogens is 3. The number of hydrogen-bond acceptors (Lipinski definition) is 7. The van der Waals surface area contributed by atoms with Crippen molar-refractivity contribution in [3.63, 3.8) is 0 Å². The minimum atomic E-state index is -1.23. The van der Waals surface area contributed by atoms with Gasteiger partial charge in [0, 0.05) is 29.9 Å². The fourth-order valence-corrected chi connectivity index (χ4v) is 3.37. The van der Waals surface area contributed by atoms with Crippen molar-refractivity contribution < 1.29 is 27.8 Å².